The molecule has 0 saturated carbocycles. The highest BCUT2D eigenvalue weighted by Gasteiger charge is 2.46. The maximum Gasteiger partial charge on any atom is 0.359 e. The number of hydrogen-bond donors (Lipinski definition) is 1. The van der Waals surface area contributed by atoms with E-state index in [1.54, 1.807) is 6.92 Å². The van der Waals surface area contributed by atoms with Crippen molar-refractivity contribution < 1.29 is 17.6 Å². The summed E-state index contributed by atoms with van der Waals surface area (Å²) >= 11 is 0.424. The van der Waals surface area contributed by atoms with Crippen molar-refractivity contribution in [2.75, 3.05) is 0 Å². The maximum absolute atomic E-state index is 12.8. The van der Waals surface area contributed by atoms with Crippen molar-refractivity contribution in [3.63, 3.8) is 0 Å². The summed E-state index contributed by atoms with van der Waals surface area (Å²) in [5.41, 5.74) is 5.50. The van der Waals surface area contributed by atoms with Crippen LogP contribution in [0.5, 0.6) is 0 Å². The van der Waals surface area contributed by atoms with Crippen LogP contribution in [0.3, 0.4) is 0 Å². The molecule has 1 atom stereocenters. The third kappa shape index (κ3) is 2.43. The molecule has 0 spiro atoms. The topological polar surface area (TPSA) is 51.8 Å². The largest absolute Gasteiger partial charge is 0.359 e. The Kier molecular flexibility index (Phi) is 3.61. The van der Waals surface area contributed by atoms with E-state index in [4.69, 9.17) is 5.73 Å². The number of nitrogens with two attached hydrogens (primary N) is 1. The normalized spacial score (nSPS) is 14.6. The fourth-order valence-corrected chi connectivity index (χ4v) is 1.69. The molecule has 0 fully saturated rings. The van der Waals surface area contributed by atoms with E-state index in [-0.39, 0.29) is 5.01 Å². The average Bonchev–Trinajstić information content (AvgIpc) is 2.65. The Morgan fingerprint density at radius 2 is 2.00 bits per heavy atom. The predicted octanol–water partition coefficient (Wildman–Crippen LogP) is 2.30. The second-order valence-electron chi connectivity index (χ2n) is 2.88. The van der Waals surface area contributed by atoms with E-state index < -0.39 is 23.4 Å². The lowest BCUT2D eigenvalue weighted by Crippen LogP contribution is -2.23. The van der Waals surface area contributed by atoms with Crippen LogP contribution in [0.2, 0.25) is 0 Å². The summed E-state index contributed by atoms with van der Waals surface area (Å²) < 4.78 is 49.4. The molecule has 86 valence electrons. The second-order valence-corrected chi connectivity index (χ2v) is 3.89. The van der Waals surface area contributed by atoms with Gasteiger partial charge in [0, 0.05) is 0 Å². The smallest absolute Gasteiger partial charge is 0.322 e. The molecule has 0 aliphatic carbocycles. The molecule has 1 rings (SSSR count). The van der Waals surface area contributed by atoms with Crippen molar-refractivity contribution in [2.45, 2.75) is 31.7 Å². The summed E-state index contributed by atoms with van der Waals surface area (Å²) in [5, 5.41) is 5.56. The zero-order chi connectivity index (χ0) is 11.6. The van der Waals surface area contributed by atoms with Crippen molar-refractivity contribution in [1.82, 2.24) is 10.2 Å². The van der Waals surface area contributed by atoms with Crippen LogP contribution in [0, 0.1) is 0 Å². The summed E-state index contributed by atoms with van der Waals surface area (Å²) in [6.45, 7) is 1.73. The van der Waals surface area contributed by atoms with Crippen molar-refractivity contribution in [3.8, 4) is 0 Å². The summed E-state index contributed by atoms with van der Waals surface area (Å²) in [4.78, 5) is 0. The zero-order valence-electron chi connectivity index (χ0n) is 7.75. The van der Waals surface area contributed by atoms with Crippen LogP contribution >= 0.6 is 11.3 Å². The van der Waals surface area contributed by atoms with Crippen LogP contribution in [0.1, 0.15) is 29.4 Å². The van der Waals surface area contributed by atoms with Crippen LogP contribution in [0.15, 0.2) is 0 Å². The Hall–Kier alpha value is -0.760. The Labute approximate surface area is 87.3 Å². The minimum Gasteiger partial charge on any atom is -0.322 e. The molecule has 0 saturated heterocycles. The second kappa shape index (κ2) is 4.40. The van der Waals surface area contributed by atoms with Gasteiger partial charge in [-0.05, 0) is 6.42 Å². The molecule has 2 N–H and O–H groups in total. The van der Waals surface area contributed by atoms with Gasteiger partial charge in [0.05, 0.1) is 6.04 Å². The fourth-order valence-electron chi connectivity index (χ4n) is 0.787. The van der Waals surface area contributed by atoms with Crippen molar-refractivity contribution in [1.29, 1.82) is 0 Å². The number of rotatable bonds is 4. The van der Waals surface area contributed by atoms with Gasteiger partial charge in [0.1, 0.15) is 5.01 Å². The summed E-state index contributed by atoms with van der Waals surface area (Å²) in [7, 11) is 0. The molecule has 0 aromatic carbocycles. The first kappa shape index (κ1) is 12.3. The molecule has 1 aromatic rings. The summed E-state index contributed by atoms with van der Waals surface area (Å²) in [6.07, 6.45) is -3.30. The van der Waals surface area contributed by atoms with E-state index in [0.29, 0.717) is 17.8 Å². The van der Waals surface area contributed by atoms with Crippen LogP contribution < -0.4 is 5.73 Å². The first-order valence-corrected chi connectivity index (χ1v) is 4.96. The third-order valence-electron chi connectivity index (χ3n) is 1.76. The van der Waals surface area contributed by atoms with Gasteiger partial charge in [-0.15, -0.1) is 10.2 Å². The molecule has 0 amide bonds. The monoisotopic (exact) mass is 243 g/mol. The molecule has 1 aromatic heterocycles. The molecule has 1 heterocycles. The van der Waals surface area contributed by atoms with Crippen LogP contribution in [-0.4, -0.2) is 16.6 Å². The number of aromatic nitrogens is 2. The van der Waals surface area contributed by atoms with Gasteiger partial charge in [0.15, 0.2) is 5.01 Å². The summed E-state index contributed by atoms with van der Waals surface area (Å²) in [5.74, 6) is -4.25. The van der Waals surface area contributed by atoms with Crippen molar-refractivity contribution in [2.24, 2.45) is 5.73 Å². The molecule has 0 radical (unpaired) electrons. The van der Waals surface area contributed by atoms with E-state index in [1.807, 2.05) is 0 Å². The zero-order valence-corrected chi connectivity index (χ0v) is 8.57. The molecule has 1 unspecified atom stereocenters. The van der Waals surface area contributed by atoms with Gasteiger partial charge in [-0.25, -0.2) is 8.78 Å². The lowest BCUT2D eigenvalue weighted by molar-refractivity contribution is -0.135. The van der Waals surface area contributed by atoms with E-state index in [0.717, 1.165) is 0 Å². The van der Waals surface area contributed by atoms with Gasteiger partial charge >= 0.3 is 12.3 Å². The van der Waals surface area contributed by atoms with Crippen molar-refractivity contribution >= 4 is 11.3 Å². The lowest BCUT2D eigenvalue weighted by Gasteiger charge is -2.10. The Morgan fingerprint density at radius 3 is 2.47 bits per heavy atom. The number of hydrogen-bond acceptors (Lipinski definition) is 4. The number of halogens is 4. The predicted molar refractivity (Wildman–Crippen MR) is 47.0 cm³/mol. The summed E-state index contributed by atoms with van der Waals surface area (Å²) in [6, 6.07) is -0.537. The van der Waals surface area contributed by atoms with E-state index >= 15 is 0 Å². The van der Waals surface area contributed by atoms with Gasteiger partial charge < -0.3 is 5.73 Å². The highest BCUT2D eigenvalue weighted by Crippen LogP contribution is 2.37. The van der Waals surface area contributed by atoms with Gasteiger partial charge in [-0.3, -0.25) is 0 Å². The van der Waals surface area contributed by atoms with E-state index in [2.05, 4.69) is 10.2 Å². The molecule has 0 aliphatic heterocycles. The van der Waals surface area contributed by atoms with Crippen LogP contribution in [0.4, 0.5) is 17.6 Å². The minimum absolute atomic E-state index is 0.146. The first-order valence-electron chi connectivity index (χ1n) is 4.15. The first-order chi connectivity index (χ1) is 6.89. The van der Waals surface area contributed by atoms with Crippen molar-refractivity contribution in [3.05, 3.63) is 10.0 Å². The van der Waals surface area contributed by atoms with Gasteiger partial charge in [0.25, 0.3) is 0 Å². The molecule has 3 nitrogen and oxygen atoms in total. The Bertz CT molecular complexity index is 328. The van der Waals surface area contributed by atoms with Gasteiger partial charge in [-0.2, -0.15) is 8.78 Å². The standard InChI is InChI=1S/C7H9F4N3S/c1-2-3(12)4-13-14-6(15-4)7(10,11)5(8)9/h3,5H,2,12H2,1H3. The molecular formula is C7H9F4N3S. The number of nitrogens with zero attached hydrogens (tertiary/aromatic N) is 2. The SMILES string of the molecule is CCC(N)c1nnc(C(F)(F)C(F)F)s1. The van der Waals surface area contributed by atoms with E-state index in [9.17, 15) is 17.6 Å². The Balaban J connectivity index is 2.93. The Morgan fingerprint density at radius 1 is 1.40 bits per heavy atom. The molecule has 15 heavy (non-hydrogen) atoms. The molecule has 0 bridgehead atoms. The maximum atomic E-state index is 12.8. The molecule has 8 heteroatoms. The fraction of sp³-hybridized carbons (Fsp3) is 0.714. The highest BCUT2D eigenvalue weighted by molar-refractivity contribution is 7.11. The van der Waals surface area contributed by atoms with Crippen LogP contribution in [-0.2, 0) is 5.92 Å². The van der Waals surface area contributed by atoms with Gasteiger partial charge in [-0.1, -0.05) is 18.3 Å². The average molecular weight is 243 g/mol. The lowest BCUT2D eigenvalue weighted by atomic mass is 10.3. The quantitative estimate of drug-likeness (QED) is 0.825. The van der Waals surface area contributed by atoms with Crippen LogP contribution in [0.25, 0.3) is 0 Å². The molecular weight excluding hydrogens is 234 g/mol. The third-order valence-corrected chi connectivity index (χ3v) is 2.90. The highest BCUT2D eigenvalue weighted by atomic mass is 32.1. The van der Waals surface area contributed by atoms with Gasteiger partial charge in [0.2, 0.25) is 0 Å². The molecule has 0 aliphatic rings. The minimum atomic E-state index is -4.25. The number of alkyl halides is 4. The van der Waals surface area contributed by atoms with E-state index in [1.165, 1.54) is 0 Å².